The molecule has 4 rings (SSSR count). The lowest BCUT2D eigenvalue weighted by Gasteiger charge is -2.38. The lowest BCUT2D eigenvalue weighted by atomic mass is 9.93. The quantitative estimate of drug-likeness (QED) is 0.786. The fraction of sp³-hybridized carbons (Fsp3) is 0.556. The van der Waals surface area contributed by atoms with Crippen molar-refractivity contribution in [1.82, 2.24) is 4.90 Å². The van der Waals surface area contributed by atoms with Gasteiger partial charge in [0.05, 0.1) is 10.7 Å². The third-order valence-corrected chi connectivity index (χ3v) is 5.79. The van der Waals surface area contributed by atoms with Crippen LogP contribution in [0.3, 0.4) is 0 Å². The van der Waals surface area contributed by atoms with Crippen LogP contribution in [-0.4, -0.2) is 37.6 Å². The molecule has 21 heavy (non-hydrogen) atoms. The number of halogens is 1. The molecule has 3 heteroatoms. The highest BCUT2D eigenvalue weighted by Crippen LogP contribution is 2.43. The summed E-state index contributed by atoms with van der Waals surface area (Å²) in [4.78, 5) is 5.09. The van der Waals surface area contributed by atoms with Crippen molar-refractivity contribution in [2.24, 2.45) is 17.8 Å². The molecule has 1 aromatic rings. The number of anilines is 1. The molecule has 1 aromatic carbocycles. The van der Waals surface area contributed by atoms with Gasteiger partial charge in [-0.1, -0.05) is 35.9 Å². The normalized spacial score (nSPS) is 32.0. The van der Waals surface area contributed by atoms with E-state index in [1.165, 1.54) is 38.2 Å². The molecule has 0 N–H and O–H groups in total. The maximum atomic E-state index is 6.31. The van der Waals surface area contributed by atoms with Crippen molar-refractivity contribution in [3.63, 3.8) is 0 Å². The second-order valence-electron chi connectivity index (χ2n) is 6.78. The Bertz CT molecular complexity index is 534. The van der Waals surface area contributed by atoms with Crippen LogP contribution in [-0.2, 0) is 0 Å². The molecule has 1 saturated carbocycles. The number of nitrogens with zero attached hydrogens (tertiary/aromatic N) is 2. The third kappa shape index (κ3) is 2.72. The van der Waals surface area contributed by atoms with Crippen molar-refractivity contribution in [3.05, 3.63) is 41.4 Å². The Kier molecular flexibility index (Phi) is 3.68. The van der Waals surface area contributed by atoms with E-state index in [0.717, 1.165) is 35.9 Å². The van der Waals surface area contributed by atoms with Crippen molar-refractivity contribution in [3.8, 4) is 0 Å². The molecule has 0 radical (unpaired) electrons. The molecular weight excluding hydrogens is 280 g/mol. The van der Waals surface area contributed by atoms with Gasteiger partial charge >= 0.3 is 0 Å². The smallest absolute Gasteiger partial charge is 0.0639 e. The number of allylic oxidation sites excluding steroid dienone is 2. The van der Waals surface area contributed by atoms with Crippen LogP contribution in [0.25, 0.3) is 0 Å². The summed E-state index contributed by atoms with van der Waals surface area (Å²) in [6.07, 6.45) is 7.76. The fourth-order valence-electron chi connectivity index (χ4n) is 4.32. The Hall–Kier alpha value is -0.990. The van der Waals surface area contributed by atoms with Gasteiger partial charge in [-0.2, -0.15) is 0 Å². The molecule has 0 amide bonds. The zero-order chi connectivity index (χ0) is 14.2. The first-order valence-corrected chi connectivity index (χ1v) is 8.57. The highest BCUT2D eigenvalue weighted by Gasteiger charge is 2.36. The first-order valence-electron chi connectivity index (χ1n) is 8.20. The number of hydrogen-bond acceptors (Lipinski definition) is 2. The maximum absolute atomic E-state index is 6.31. The largest absolute Gasteiger partial charge is 0.368 e. The van der Waals surface area contributed by atoms with Crippen molar-refractivity contribution in [1.29, 1.82) is 0 Å². The average Bonchev–Trinajstić information content (AvgIpc) is 3.11. The molecule has 0 spiro atoms. The average molecular weight is 303 g/mol. The zero-order valence-corrected chi connectivity index (χ0v) is 13.2. The second kappa shape index (κ2) is 5.66. The van der Waals surface area contributed by atoms with Crippen LogP contribution in [0.2, 0.25) is 5.02 Å². The van der Waals surface area contributed by atoms with Crippen LogP contribution < -0.4 is 4.90 Å². The third-order valence-electron chi connectivity index (χ3n) is 5.47. The predicted octanol–water partition coefficient (Wildman–Crippen LogP) is 3.67. The van der Waals surface area contributed by atoms with Gasteiger partial charge in [0.25, 0.3) is 0 Å². The van der Waals surface area contributed by atoms with E-state index >= 15 is 0 Å². The summed E-state index contributed by atoms with van der Waals surface area (Å²) >= 11 is 6.31. The summed E-state index contributed by atoms with van der Waals surface area (Å²) in [6.45, 7) is 5.83. The van der Waals surface area contributed by atoms with E-state index in [4.69, 9.17) is 11.6 Å². The van der Waals surface area contributed by atoms with Gasteiger partial charge < -0.3 is 4.90 Å². The standard InChI is InChI=1S/C18H23ClN2/c19-17-3-1-2-4-18(17)21-9-7-20(8-10-21)13-16-12-14-5-6-15(16)11-14/h1-6,14-16H,7-13H2/t14-,15+,16+/m1/s1. The monoisotopic (exact) mass is 302 g/mol. The Morgan fingerprint density at radius 3 is 2.48 bits per heavy atom. The van der Waals surface area contributed by atoms with Crippen LogP contribution in [0.15, 0.2) is 36.4 Å². The molecule has 0 aromatic heterocycles. The number of rotatable bonds is 3. The van der Waals surface area contributed by atoms with E-state index in [-0.39, 0.29) is 0 Å². The Labute approximate surface area is 132 Å². The van der Waals surface area contributed by atoms with Gasteiger partial charge in [-0.05, 0) is 42.7 Å². The first kappa shape index (κ1) is 13.7. The van der Waals surface area contributed by atoms with Gasteiger partial charge in [0, 0.05) is 32.7 Å². The van der Waals surface area contributed by atoms with E-state index in [9.17, 15) is 0 Å². The molecule has 1 heterocycles. The number of para-hydroxylation sites is 1. The van der Waals surface area contributed by atoms with Crippen molar-refractivity contribution < 1.29 is 0 Å². The first-order chi connectivity index (χ1) is 10.3. The van der Waals surface area contributed by atoms with Gasteiger partial charge in [0.15, 0.2) is 0 Å². The van der Waals surface area contributed by atoms with Crippen LogP contribution in [0.4, 0.5) is 5.69 Å². The molecule has 2 nitrogen and oxygen atoms in total. The number of hydrogen-bond donors (Lipinski definition) is 0. The molecule has 0 unspecified atom stereocenters. The highest BCUT2D eigenvalue weighted by molar-refractivity contribution is 6.33. The SMILES string of the molecule is Clc1ccccc1N1CCN(C[C@@H]2C[C@@H]3C=C[C@H]2C3)CC1. The number of piperazine rings is 1. The Balaban J connectivity index is 1.33. The van der Waals surface area contributed by atoms with Gasteiger partial charge in [0.2, 0.25) is 0 Å². The van der Waals surface area contributed by atoms with Gasteiger partial charge in [-0.3, -0.25) is 4.90 Å². The van der Waals surface area contributed by atoms with Crippen LogP contribution in [0, 0.1) is 17.8 Å². The van der Waals surface area contributed by atoms with Crippen molar-refractivity contribution in [2.45, 2.75) is 12.8 Å². The topological polar surface area (TPSA) is 6.48 Å². The van der Waals surface area contributed by atoms with Crippen molar-refractivity contribution >= 4 is 17.3 Å². The van der Waals surface area contributed by atoms with E-state index in [1.54, 1.807) is 0 Å². The minimum atomic E-state index is 0.872. The molecule has 3 aliphatic rings. The lowest BCUT2D eigenvalue weighted by Crippen LogP contribution is -2.48. The molecule has 1 saturated heterocycles. The minimum Gasteiger partial charge on any atom is -0.368 e. The predicted molar refractivity (Wildman–Crippen MR) is 88.9 cm³/mol. The van der Waals surface area contributed by atoms with E-state index in [2.05, 4.69) is 34.1 Å². The summed E-state index contributed by atoms with van der Waals surface area (Å²) in [5.41, 5.74) is 1.20. The number of benzene rings is 1. The summed E-state index contributed by atoms with van der Waals surface area (Å²) in [7, 11) is 0. The van der Waals surface area contributed by atoms with Crippen LogP contribution >= 0.6 is 11.6 Å². The zero-order valence-electron chi connectivity index (χ0n) is 12.4. The number of fused-ring (bicyclic) bond motifs is 2. The summed E-state index contributed by atoms with van der Waals surface area (Å²) < 4.78 is 0. The summed E-state index contributed by atoms with van der Waals surface area (Å²) in [6, 6.07) is 8.21. The van der Waals surface area contributed by atoms with Crippen molar-refractivity contribution in [2.75, 3.05) is 37.6 Å². The molecule has 112 valence electrons. The summed E-state index contributed by atoms with van der Waals surface area (Å²) in [5.74, 6) is 2.67. The molecular formula is C18H23ClN2. The lowest BCUT2D eigenvalue weighted by molar-refractivity contribution is 0.204. The van der Waals surface area contributed by atoms with Crippen LogP contribution in [0.1, 0.15) is 12.8 Å². The van der Waals surface area contributed by atoms with Gasteiger partial charge in [-0.25, -0.2) is 0 Å². The molecule has 2 bridgehead atoms. The Morgan fingerprint density at radius 2 is 1.81 bits per heavy atom. The maximum Gasteiger partial charge on any atom is 0.0639 e. The van der Waals surface area contributed by atoms with Gasteiger partial charge in [0.1, 0.15) is 0 Å². The molecule has 3 atom stereocenters. The highest BCUT2D eigenvalue weighted by atomic mass is 35.5. The van der Waals surface area contributed by atoms with E-state index in [1.807, 2.05) is 12.1 Å². The molecule has 2 aliphatic carbocycles. The second-order valence-corrected chi connectivity index (χ2v) is 7.19. The minimum absolute atomic E-state index is 0.872. The fourth-order valence-corrected chi connectivity index (χ4v) is 4.57. The van der Waals surface area contributed by atoms with Gasteiger partial charge in [-0.15, -0.1) is 0 Å². The van der Waals surface area contributed by atoms with Crippen LogP contribution in [0.5, 0.6) is 0 Å². The Morgan fingerprint density at radius 1 is 1.00 bits per heavy atom. The van der Waals surface area contributed by atoms with E-state index in [0.29, 0.717) is 0 Å². The molecule has 1 aliphatic heterocycles. The summed E-state index contributed by atoms with van der Waals surface area (Å²) in [5, 5.41) is 0.879. The molecule has 2 fully saturated rings. The van der Waals surface area contributed by atoms with E-state index < -0.39 is 0 Å².